The van der Waals surface area contributed by atoms with Crippen molar-refractivity contribution < 1.29 is 4.79 Å². The Balaban J connectivity index is 1.59. The molecule has 1 fully saturated rings. The second-order valence-corrected chi connectivity index (χ2v) is 9.17. The molecule has 3 heterocycles. The number of pyridine rings is 1. The van der Waals surface area contributed by atoms with Gasteiger partial charge in [-0.05, 0) is 88.5 Å². The van der Waals surface area contributed by atoms with Crippen LogP contribution in [0.4, 0.5) is 0 Å². The van der Waals surface area contributed by atoms with Crippen LogP contribution in [0.2, 0.25) is 0 Å². The molecule has 0 spiro atoms. The van der Waals surface area contributed by atoms with Crippen molar-refractivity contribution in [3.63, 3.8) is 0 Å². The number of aromatic amines is 1. The Kier molecular flexibility index (Phi) is 6.15. The summed E-state index contributed by atoms with van der Waals surface area (Å²) in [5, 5.41) is 1.33. The highest BCUT2D eigenvalue weighted by Crippen LogP contribution is 2.35. The smallest absolute Gasteiger partial charge is 0.236 e. The number of hydrogen-bond donors (Lipinski definition) is 1. The van der Waals surface area contributed by atoms with Gasteiger partial charge in [0.15, 0.2) is 0 Å². The average Bonchev–Trinajstić information content (AvgIpc) is 3.10. The summed E-state index contributed by atoms with van der Waals surface area (Å²) in [4.78, 5) is 24.5. The number of nitrogens with one attached hydrogen (secondary N) is 1. The fourth-order valence-electron chi connectivity index (χ4n) is 4.94. The van der Waals surface area contributed by atoms with Crippen LogP contribution in [0.1, 0.15) is 48.2 Å². The van der Waals surface area contributed by atoms with E-state index in [2.05, 4.69) is 61.1 Å². The second kappa shape index (κ2) is 8.83. The number of likely N-dealkylation sites (N-methyl/N-ethyl adjacent to an activating group) is 1. The number of benzene rings is 1. The minimum absolute atomic E-state index is 0.241. The number of carbonyl (C=O) groups is 1. The highest BCUT2D eigenvalue weighted by Gasteiger charge is 2.24. The summed E-state index contributed by atoms with van der Waals surface area (Å²) in [6.45, 7) is 8.54. The first-order valence-electron chi connectivity index (χ1n) is 11.4. The Morgan fingerprint density at radius 1 is 1.13 bits per heavy atom. The predicted octanol–water partition coefficient (Wildman–Crippen LogP) is 4.68. The van der Waals surface area contributed by atoms with Crippen LogP contribution < -0.4 is 0 Å². The molecule has 2 aromatic heterocycles. The van der Waals surface area contributed by atoms with Crippen LogP contribution in [0.3, 0.4) is 0 Å². The predicted molar refractivity (Wildman–Crippen MR) is 127 cm³/mol. The van der Waals surface area contributed by atoms with Crippen LogP contribution in [-0.4, -0.2) is 59.4 Å². The lowest BCUT2D eigenvalue weighted by Gasteiger charge is -2.33. The summed E-state index contributed by atoms with van der Waals surface area (Å²) < 4.78 is 0. The number of aromatic nitrogens is 2. The van der Waals surface area contributed by atoms with Crippen LogP contribution in [0.25, 0.3) is 22.2 Å². The molecule has 0 atom stereocenters. The summed E-state index contributed by atoms with van der Waals surface area (Å²) in [6, 6.07) is 11.2. The number of likely N-dealkylation sites (tertiary alicyclic amines) is 1. The molecule has 0 radical (unpaired) electrons. The summed E-state index contributed by atoms with van der Waals surface area (Å²) in [6.07, 6.45) is 3.05. The highest BCUT2D eigenvalue weighted by atomic mass is 16.2. The molecule has 1 N–H and O–H groups in total. The molecule has 1 aromatic carbocycles. The number of aryl methyl sites for hydroxylation is 3. The monoisotopic (exact) mass is 418 g/mol. The molecule has 5 nitrogen and oxygen atoms in total. The summed E-state index contributed by atoms with van der Waals surface area (Å²) in [5.74, 6) is 0.756. The molecular weight excluding hydrogens is 384 g/mol. The van der Waals surface area contributed by atoms with Gasteiger partial charge in [0.05, 0.1) is 6.54 Å². The molecule has 0 bridgehead atoms. The molecule has 1 amide bonds. The van der Waals surface area contributed by atoms with Gasteiger partial charge in [-0.25, -0.2) is 0 Å². The maximum atomic E-state index is 12.4. The number of hydrogen-bond acceptors (Lipinski definition) is 3. The van der Waals surface area contributed by atoms with E-state index in [4.69, 9.17) is 0 Å². The quantitative estimate of drug-likeness (QED) is 0.655. The van der Waals surface area contributed by atoms with Crippen LogP contribution in [0.5, 0.6) is 0 Å². The lowest BCUT2D eigenvalue weighted by atomic mass is 9.88. The fraction of sp³-hybridized carbons (Fsp3) is 0.462. The molecule has 1 saturated heterocycles. The first kappa shape index (κ1) is 21.6. The normalized spacial score (nSPS) is 15.2. The van der Waals surface area contributed by atoms with Gasteiger partial charge < -0.3 is 14.8 Å². The minimum Gasteiger partial charge on any atom is -0.354 e. The van der Waals surface area contributed by atoms with Crippen LogP contribution >= 0.6 is 0 Å². The van der Waals surface area contributed by atoms with Gasteiger partial charge in [-0.2, -0.15) is 0 Å². The van der Waals surface area contributed by atoms with Gasteiger partial charge in [0.25, 0.3) is 0 Å². The molecular formula is C26H34N4O. The van der Waals surface area contributed by atoms with E-state index >= 15 is 0 Å². The molecule has 0 aliphatic carbocycles. The van der Waals surface area contributed by atoms with Crippen molar-refractivity contribution in [1.82, 2.24) is 19.8 Å². The van der Waals surface area contributed by atoms with Gasteiger partial charge in [-0.1, -0.05) is 13.0 Å². The van der Waals surface area contributed by atoms with Crippen molar-refractivity contribution in [2.45, 2.75) is 46.0 Å². The summed E-state index contributed by atoms with van der Waals surface area (Å²) in [5.41, 5.74) is 8.50. The number of carbonyl (C=O) groups excluding carboxylic acids is 1. The second-order valence-electron chi connectivity index (χ2n) is 9.17. The van der Waals surface area contributed by atoms with Crippen molar-refractivity contribution in [3.8, 4) is 11.3 Å². The van der Waals surface area contributed by atoms with Crippen LogP contribution in [0.15, 0.2) is 30.3 Å². The van der Waals surface area contributed by atoms with Crippen molar-refractivity contribution in [2.75, 3.05) is 33.7 Å². The maximum absolute atomic E-state index is 12.4. The number of rotatable bonds is 5. The van der Waals surface area contributed by atoms with Crippen molar-refractivity contribution >= 4 is 16.8 Å². The number of fused-ring (bicyclic) bond motifs is 1. The minimum atomic E-state index is 0.241. The van der Waals surface area contributed by atoms with Crippen molar-refractivity contribution in [2.24, 2.45) is 0 Å². The zero-order chi connectivity index (χ0) is 22.1. The summed E-state index contributed by atoms with van der Waals surface area (Å²) >= 11 is 0. The van der Waals surface area contributed by atoms with E-state index < -0.39 is 0 Å². The Bertz CT molecular complexity index is 1070. The van der Waals surface area contributed by atoms with Gasteiger partial charge in [0.2, 0.25) is 5.91 Å². The van der Waals surface area contributed by atoms with E-state index in [0.29, 0.717) is 12.5 Å². The Morgan fingerprint density at radius 3 is 2.42 bits per heavy atom. The Morgan fingerprint density at radius 2 is 1.81 bits per heavy atom. The van der Waals surface area contributed by atoms with Gasteiger partial charge >= 0.3 is 0 Å². The van der Waals surface area contributed by atoms with E-state index in [1.165, 1.54) is 33.3 Å². The molecule has 1 aliphatic heterocycles. The number of piperidine rings is 1. The first-order chi connectivity index (χ1) is 14.9. The Hall–Kier alpha value is -2.66. The molecule has 3 aromatic rings. The van der Waals surface area contributed by atoms with E-state index in [-0.39, 0.29) is 5.91 Å². The van der Waals surface area contributed by atoms with E-state index in [1.807, 2.05) is 23.9 Å². The third-order valence-electron chi connectivity index (χ3n) is 6.42. The molecule has 1 aliphatic rings. The molecule has 0 unspecified atom stereocenters. The summed E-state index contributed by atoms with van der Waals surface area (Å²) in [7, 11) is 3.90. The topological polar surface area (TPSA) is 52.2 Å². The zero-order valence-corrected chi connectivity index (χ0v) is 19.5. The molecule has 5 heteroatoms. The van der Waals surface area contributed by atoms with E-state index in [1.54, 1.807) is 0 Å². The van der Waals surface area contributed by atoms with Crippen LogP contribution in [-0.2, 0) is 11.2 Å². The lowest BCUT2D eigenvalue weighted by molar-refractivity contribution is -0.132. The lowest BCUT2D eigenvalue weighted by Crippen LogP contribution is -2.42. The molecule has 0 saturated carbocycles. The maximum Gasteiger partial charge on any atom is 0.236 e. The average molecular weight is 419 g/mol. The van der Waals surface area contributed by atoms with E-state index in [0.717, 1.165) is 43.7 Å². The number of amides is 1. The number of H-pyrrole nitrogens is 1. The number of nitrogens with zero attached hydrogens (tertiary/aromatic N) is 3. The zero-order valence-electron chi connectivity index (χ0n) is 19.5. The third kappa shape index (κ3) is 4.52. The molecule has 4 rings (SSSR count). The largest absolute Gasteiger partial charge is 0.354 e. The standard InChI is InChI=1S/C26H34N4O/c1-6-22-23-15-20(19-9-11-30(12-10-19)25(31)16-29(4)5)7-8-24(23)28-26(22)21-13-17(2)27-18(3)14-21/h7-8,13-15,19,28H,6,9-12,16H2,1-5H3. The van der Waals surface area contributed by atoms with Gasteiger partial charge in [-0.15, -0.1) is 0 Å². The third-order valence-corrected chi connectivity index (χ3v) is 6.42. The first-order valence-corrected chi connectivity index (χ1v) is 11.4. The van der Waals surface area contributed by atoms with Gasteiger partial charge in [-0.3, -0.25) is 9.78 Å². The van der Waals surface area contributed by atoms with Gasteiger partial charge in [0.1, 0.15) is 0 Å². The van der Waals surface area contributed by atoms with Crippen molar-refractivity contribution in [3.05, 3.63) is 52.8 Å². The Labute approximate surface area is 185 Å². The van der Waals surface area contributed by atoms with Crippen LogP contribution in [0, 0.1) is 13.8 Å². The molecule has 164 valence electrons. The van der Waals surface area contributed by atoms with Gasteiger partial charge in [0, 0.05) is 46.6 Å². The molecule has 31 heavy (non-hydrogen) atoms. The van der Waals surface area contributed by atoms with E-state index in [9.17, 15) is 4.79 Å². The highest BCUT2D eigenvalue weighted by molar-refractivity contribution is 5.91. The SMILES string of the molecule is CCc1c(-c2cc(C)nc(C)c2)[nH]c2ccc(C3CCN(C(=O)CN(C)C)CC3)cc12. The van der Waals surface area contributed by atoms with Crippen molar-refractivity contribution in [1.29, 1.82) is 0 Å². The fourth-order valence-corrected chi connectivity index (χ4v) is 4.94.